The first-order valence-electron chi connectivity index (χ1n) is 7.88. The molecule has 0 unspecified atom stereocenters. The highest BCUT2D eigenvalue weighted by atomic mass is 79.9. The third-order valence-electron chi connectivity index (χ3n) is 4.30. The van der Waals surface area contributed by atoms with Crippen LogP contribution in [0.3, 0.4) is 0 Å². The maximum atomic E-state index is 13.0. The molecule has 1 amide bonds. The summed E-state index contributed by atoms with van der Waals surface area (Å²) in [4.78, 5) is 13.0. The minimum Gasteiger partial charge on any atom is -0.444 e. The van der Waals surface area contributed by atoms with Crippen LogP contribution < -0.4 is 0 Å². The fourth-order valence-corrected chi connectivity index (χ4v) is 4.02. The van der Waals surface area contributed by atoms with Gasteiger partial charge in [-0.05, 0) is 62.9 Å². The molecule has 25 heavy (non-hydrogen) atoms. The molecule has 2 aromatic heterocycles. The molecule has 6 heteroatoms. The van der Waals surface area contributed by atoms with Crippen LogP contribution in [0.5, 0.6) is 0 Å². The Kier molecular flexibility index (Phi) is 4.31. The van der Waals surface area contributed by atoms with Crippen molar-refractivity contribution in [2.75, 3.05) is 0 Å². The Bertz CT molecular complexity index is 946. The highest BCUT2D eigenvalue weighted by Crippen LogP contribution is 2.36. The molecule has 4 nitrogen and oxygen atoms in total. The Balaban J connectivity index is 1.75. The molecule has 3 aromatic rings. The number of aryl methyl sites for hydroxylation is 1. The predicted molar refractivity (Wildman–Crippen MR) is 102 cm³/mol. The van der Waals surface area contributed by atoms with E-state index in [4.69, 9.17) is 4.42 Å². The van der Waals surface area contributed by atoms with Crippen LogP contribution >= 0.6 is 27.3 Å². The molecule has 1 aromatic carbocycles. The smallest absolute Gasteiger partial charge is 0.310 e. The van der Waals surface area contributed by atoms with Gasteiger partial charge in [0.25, 0.3) is 0 Å². The average Bonchev–Trinajstić information content (AvgIpc) is 3.34. The van der Waals surface area contributed by atoms with Crippen LogP contribution in [0.4, 0.5) is 0 Å². The van der Waals surface area contributed by atoms with Gasteiger partial charge in [0.15, 0.2) is 10.4 Å². The molecule has 0 saturated heterocycles. The van der Waals surface area contributed by atoms with E-state index in [0.717, 1.165) is 22.4 Å². The zero-order chi connectivity index (χ0) is 17.4. The van der Waals surface area contributed by atoms with E-state index in [1.165, 1.54) is 0 Å². The lowest BCUT2D eigenvalue weighted by Gasteiger charge is -2.22. The van der Waals surface area contributed by atoms with Crippen molar-refractivity contribution < 1.29 is 9.21 Å². The fraction of sp³-hybridized carbons (Fsp3) is 0.158. The summed E-state index contributed by atoms with van der Waals surface area (Å²) in [5, 5.41) is 10.3. The second kappa shape index (κ2) is 6.61. The zero-order valence-electron chi connectivity index (χ0n) is 13.5. The number of benzene rings is 1. The Labute approximate surface area is 157 Å². The fourth-order valence-electron chi connectivity index (χ4n) is 3.05. The predicted octanol–water partition coefficient (Wildman–Crippen LogP) is 5.40. The van der Waals surface area contributed by atoms with Gasteiger partial charge in [0.2, 0.25) is 0 Å². The topological polar surface area (TPSA) is 45.8 Å². The van der Waals surface area contributed by atoms with Crippen molar-refractivity contribution in [3.05, 3.63) is 80.3 Å². The first-order valence-corrected chi connectivity index (χ1v) is 9.61. The van der Waals surface area contributed by atoms with Gasteiger partial charge in [-0.1, -0.05) is 24.3 Å². The summed E-state index contributed by atoms with van der Waals surface area (Å²) in [6.45, 7) is 2.06. The van der Waals surface area contributed by atoms with E-state index in [1.54, 1.807) is 28.5 Å². The molecule has 0 spiro atoms. The first-order chi connectivity index (χ1) is 12.1. The van der Waals surface area contributed by atoms with Gasteiger partial charge in [0.1, 0.15) is 0 Å². The van der Waals surface area contributed by atoms with Crippen molar-refractivity contribution in [1.29, 1.82) is 0 Å². The summed E-state index contributed by atoms with van der Waals surface area (Å²) in [7, 11) is 0. The molecule has 0 radical (unpaired) electrons. The molecular weight excluding hydrogens is 400 g/mol. The third-order valence-corrected chi connectivity index (χ3v) is 5.41. The number of carbonyl (C=O) groups is 1. The minimum absolute atomic E-state index is 0.132. The summed E-state index contributed by atoms with van der Waals surface area (Å²) >= 11 is 4.88. The van der Waals surface area contributed by atoms with E-state index in [0.29, 0.717) is 11.1 Å². The van der Waals surface area contributed by atoms with Crippen LogP contribution in [-0.4, -0.2) is 16.6 Å². The first kappa shape index (κ1) is 16.3. The second-order valence-electron chi connectivity index (χ2n) is 5.89. The number of hydrogen-bond donors (Lipinski definition) is 0. The zero-order valence-corrected chi connectivity index (χ0v) is 15.9. The van der Waals surface area contributed by atoms with E-state index in [1.807, 2.05) is 23.6 Å². The van der Waals surface area contributed by atoms with Crippen molar-refractivity contribution in [2.45, 2.75) is 19.4 Å². The van der Waals surface area contributed by atoms with Gasteiger partial charge in [-0.2, -0.15) is 16.4 Å². The number of thiophene rings is 1. The molecule has 0 fully saturated rings. The number of carbonyl (C=O) groups excluding carboxylic acids is 1. The number of hydrazone groups is 1. The van der Waals surface area contributed by atoms with Gasteiger partial charge < -0.3 is 4.42 Å². The van der Waals surface area contributed by atoms with Gasteiger partial charge in [-0.25, -0.2) is 5.01 Å². The van der Waals surface area contributed by atoms with E-state index < -0.39 is 0 Å². The van der Waals surface area contributed by atoms with Crippen LogP contribution in [0.15, 0.2) is 67.4 Å². The number of furan rings is 1. The van der Waals surface area contributed by atoms with Crippen LogP contribution in [0.1, 0.15) is 39.7 Å². The molecular formula is C19H15BrN2O2S. The van der Waals surface area contributed by atoms with Crippen molar-refractivity contribution >= 4 is 38.9 Å². The molecule has 1 aliphatic heterocycles. The van der Waals surface area contributed by atoms with E-state index in [-0.39, 0.29) is 17.7 Å². The summed E-state index contributed by atoms with van der Waals surface area (Å²) in [6, 6.07) is 13.4. The number of nitrogens with zero attached hydrogens (tertiary/aromatic N) is 2. The highest BCUT2D eigenvalue weighted by Gasteiger charge is 2.35. The van der Waals surface area contributed by atoms with Crippen molar-refractivity contribution in [1.82, 2.24) is 5.01 Å². The molecule has 0 bridgehead atoms. The van der Waals surface area contributed by atoms with Gasteiger partial charge >= 0.3 is 5.91 Å². The van der Waals surface area contributed by atoms with Gasteiger partial charge in [-0.3, -0.25) is 4.79 Å². The van der Waals surface area contributed by atoms with E-state index in [2.05, 4.69) is 45.5 Å². The van der Waals surface area contributed by atoms with Crippen molar-refractivity contribution in [3.63, 3.8) is 0 Å². The largest absolute Gasteiger partial charge is 0.444 e. The van der Waals surface area contributed by atoms with Gasteiger partial charge in [-0.15, -0.1) is 0 Å². The monoisotopic (exact) mass is 414 g/mol. The Morgan fingerprint density at radius 1 is 1.28 bits per heavy atom. The Morgan fingerprint density at radius 2 is 2.12 bits per heavy atom. The number of amides is 1. The molecule has 4 rings (SSSR count). The Morgan fingerprint density at radius 3 is 2.80 bits per heavy atom. The lowest BCUT2D eigenvalue weighted by Crippen LogP contribution is -2.27. The maximum absolute atomic E-state index is 13.0. The van der Waals surface area contributed by atoms with Crippen LogP contribution in [0.2, 0.25) is 0 Å². The quantitative estimate of drug-likeness (QED) is 0.575. The molecule has 0 saturated carbocycles. The van der Waals surface area contributed by atoms with Crippen LogP contribution in [-0.2, 0) is 0 Å². The Hall–Kier alpha value is -2.18. The number of rotatable bonds is 3. The van der Waals surface area contributed by atoms with Gasteiger partial charge in [0.05, 0.1) is 11.8 Å². The maximum Gasteiger partial charge on any atom is 0.310 e. The molecule has 126 valence electrons. The van der Waals surface area contributed by atoms with Crippen molar-refractivity contribution in [2.24, 2.45) is 5.10 Å². The van der Waals surface area contributed by atoms with E-state index in [9.17, 15) is 4.79 Å². The normalized spacial score (nSPS) is 17.0. The van der Waals surface area contributed by atoms with Crippen LogP contribution in [0.25, 0.3) is 0 Å². The second-order valence-corrected chi connectivity index (χ2v) is 7.45. The number of halogens is 1. The molecule has 1 aliphatic rings. The number of hydrogen-bond acceptors (Lipinski definition) is 4. The van der Waals surface area contributed by atoms with Crippen molar-refractivity contribution in [3.8, 4) is 0 Å². The lowest BCUT2D eigenvalue weighted by atomic mass is 9.96. The molecule has 0 aliphatic carbocycles. The molecule has 1 atom stereocenters. The summed E-state index contributed by atoms with van der Waals surface area (Å²) in [5.74, 6) is 0.0463. The SMILES string of the molecule is Cc1ccccc1[C@H]1CC(c2ccsc2)=NN1C(=O)c1ccc(Br)o1. The summed E-state index contributed by atoms with van der Waals surface area (Å²) in [6.07, 6.45) is 0.690. The summed E-state index contributed by atoms with van der Waals surface area (Å²) in [5.41, 5.74) is 4.25. The summed E-state index contributed by atoms with van der Waals surface area (Å²) < 4.78 is 5.99. The average molecular weight is 415 g/mol. The molecule has 0 N–H and O–H groups in total. The lowest BCUT2D eigenvalue weighted by molar-refractivity contribution is 0.0677. The van der Waals surface area contributed by atoms with Gasteiger partial charge in [0, 0.05) is 12.0 Å². The highest BCUT2D eigenvalue weighted by molar-refractivity contribution is 9.10. The minimum atomic E-state index is -0.232. The third kappa shape index (κ3) is 3.07. The van der Waals surface area contributed by atoms with Crippen LogP contribution in [0, 0.1) is 6.92 Å². The van der Waals surface area contributed by atoms with E-state index >= 15 is 0 Å². The standard InChI is InChI=1S/C19H15BrN2O2S/c1-12-4-2-3-5-14(12)16-10-15(13-8-9-25-11-13)21-22(16)19(23)17-6-7-18(20)24-17/h2-9,11,16H,10H2,1H3/t16-/m1/s1. The molecule has 3 heterocycles.